The van der Waals surface area contributed by atoms with E-state index >= 15 is 0 Å². The Morgan fingerprint density at radius 3 is 2.58 bits per heavy atom. The molecular formula is C25H24Cl2N4O2. The fraction of sp³-hybridized carbons (Fsp3) is 0.280. The lowest BCUT2D eigenvalue weighted by Crippen LogP contribution is -2.52. The number of H-pyrrole nitrogens is 1. The number of hydrogen-bond donors (Lipinski definition) is 2. The molecule has 4 rings (SSSR count). The molecule has 8 heteroatoms. The second-order valence-corrected chi connectivity index (χ2v) is 9.33. The number of nitriles is 1. The molecular weight excluding hydrogens is 459 g/mol. The van der Waals surface area contributed by atoms with Crippen molar-refractivity contribution < 1.29 is 5.11 Å². The van der Waals surface area contributed by atoms with E-state index < -0.39 is 5.60 Å². The molecule has 170 valence electrons. The van der Waals surface area contributed by atoms with E-state index in [2.05, 4.69) is 20.9 Å². The Labute approximate surface area is 202 Å². The number of aromatic amines is 1. The third-order valence-electron chi connectivity index (χ3n) is 6.03. The van der Waals surface area contributed by atoms with E-state index in [0.29, 0.717) is 47.4 Å². The van der Waals surface area contributed by atoms with Crippen molar-refractivity contribution in [2.45, 2.75) is 18.6 Å². The molecule has 1 saturated heterocycles. The van der Waals surface area contributed by atoms with Crippen LogP contribution in [0.4, 0.5) is 5.69 Å². The average molecular weight is 483 g/mol. The largest absolute Gasteiger partial charge is 0.384 e. The quantitative estimate of drug-likeness (QED) is 0.565. The smallest absolute Gasteiger partial charge is 0.248 e. The zero-order valence-corrected chi connectivity index (χ0v) is 19.6. The van der Waals surface area contributed by atoms with E-state index in [1.807, 2.05) is 30.3 Å². The summed E-state index contributed by atoms with van der Waals surface area (Å²) in [6.45, 7) is 4.10. The summed E-state index contributed by atoms with van der Waals surface area (Å²) in [6.07, 6.45) is 1.55. The van der Waals surface area contributed by atoms with Gasteiger partial charge < -0.3 is 15.0 Å². The molecule has 2 aromatic carbocycles. The molecule has 0 aliphatic carbocycles. The van der Waals surface area contributed by atoms with Crippen LogP contribution in [0.15, 0.2) is 65.6 Å². The molecule has 3 aromatic rings. The molecule has 2 N–H and O–H groups in total. The molecule has 1 fully saturated rings. The van der Waals surface area contributed by atoms with Crippen molar-refractivity contribution in [3.8, 4) is 6.07 Å². The molecule has 0 unspecified atom stereocenters. The van der Waals surface area contributed by atoms with E-state index in [9.17, 15) is 15.2 Å². The summed E-state index contributed by atoms with van der Waals surface area (Å²) in [6, 6.07) is 18.3. The average Bonchev–Trinajstić information content (AvgIpc) is 2.79. The molecule has 0 spiro atoms. The maximum atomic E-state index is 11.7. The van der Waals surface area contributed by atoms with E-state index in [4.69, 9.17) is 23.2 Å². The predicted octanol–water partition coefficient (Wildman–Crippen LogP) is 4.32. The summed E-state index contributed by atoms with van der Waals surface area (Å²) in [4.78, 5) is 18.7. The van der Waals surface area contributed by atoms with Crippen molar-refractivity contribution in [2.75, 3.05) is 31.1 Å². The fourth-order valence-electron chi connectivity index (χ4n) is 4.36. The first-order valence-electron chi connectivity index (χ1n) is 10.6. The van der Waals surface area contributed by atoms with Crippen LogP contribution in [-0.2, 0) is 5.60 Å². The van der Waals surface area contributed by atoms with Gasteiger partial charge in [-0.15, -0.1) is 0 Å². The Hall–Kier alpha value is -2.82. The number of aliphatic hydroxyl groups is 1. The number of rotatable bonds is 5. The normalized spacial score (nSPS) is 18.5. The number of halogens is 2. The highest BCUT2D eigenvalue weighted by atomic mass is 35.5. The first-order valence-corrected chi connectivity index (χ1v) is 11.4. The molecule has 1 aliphatic rings. The Balaban J connectivity index is 1.63. The number of hydrogen-bond acceptors (Lipinski definition) is 5. The predicted molar refractivity (Wildman–Crippen MR) is 131 cm³/mol. The van der Waals surface area contributed by atoms with Gasteiger partial charge in [0.2, 0.25) is 5.56 Å². The van der Waals surface area contributed by atoms with Crippen molar-refractivity contribution in [1.82, 2.24) is 9.88 Å². The molecule has 2 atom stereocenters. The number of benzene rings is 2. The van der Waals surface area contributed by atoms with Gasteiger partial charge in [-0.2, -0.15) is 5.26 Å². The molecule has 6 nitrogen and oxygen atoms in total. The first kappa shape index (κ1) is 23.3. The second kappa shape index (κ2) is 9.58. The third-order valence-corrected chi connectivity index (χ3v) is 6.59. The molecule has 0 amide bonds. The summed E-state index contributed by atoms with van der Waals surface area (Å²) in [7, 11) is 0. The minimum absolute atomic E-state index is 0.0450. The number of anilines is 1. The van der Waals surface area contributed by atoms with Gasteiger partial charge in [0.25, 0.3) is 0 Å². The standard InChI is InChI=1S/C25H24Cl2N4O2/c1-25(33,19-8-9-29-24(32)13-19)16-30-10-11-31(22-7-2-17(14-28)12-21(22)27)23(15-30)18-3-5-20(26)6-4-18/h2-9,12-13,23,33H,10-11,15-16H2,1H3,(H,29,32)/t23-,25+/m0/s1. The van der Waals surface area contributed by atoms with Crippen LogP contribution in [0.2, 0.25) is 10.0 Å². The molecule has 0 bridgehead atoms. The van der Waals surface area contributed by atoms with Gasteiger partial charge >= 0.3 is 0 Å². The van der Waals surface area contributed by atoms with Crippen molar-refractivity contribution in [3.63, 3.8) is 0 Å². The SMILES string of the molecule is C[C@@](O)(CN1CCN(c2ccc(C#N)cc2Cl)[C@H](c2ccc(Cl)cc2)C1)c1cc[nH]c(=O)c1. The topological polar surface area (TPSA) is 83.4 Å². The van der Waals surface area contributed by atoms with Crippen LogP contribution >= 0.6 is 23.2 Å². The Morgan fingerprint density at radius 1 is 1.15 bits per heavy atom. The summed E-state index contributed by atoms with van der Waals surface area (Å²) < 4.78 is 0. The molecule has 1 aliphatic heterocycles. The lowest BCUT2D eigenvalue weighted by Gasteiger charge is -2.45. The molecule has 0 radical (unpaired) electrons. The van der Waals surface area contributed by atoms with Gasteiger partial charge in [0.1, 0.15) is 0 Å². The number of pyridine rings is 1. The van der Waals surface area contributed by atoms with Gasteiger partial charge in [-0.3, -0.25) is 9.69 Å². The van der Waals surface area contributed by atoms with Crippen LogP contribution in [0.5, 0.6) is 0 Å². The van der Waals surface area contributed by atoms with Crippen LogP contribution < -0.4 is 10.5 Å². The highest BCUT2D eigenvalue weighted by Gasteiger charge is 2.34. The second-order valence-electron chi connectivity index (χ2n) is 8.49. The number of β-amino-alcohol motifs (C(OH)–C–C–N with tert-alkyl or cyclic N) is 1. The van der Waals surface area contributed by atoms with Crippen LogP contribution in [0.3, 0.4) is 0 Å². The fourth-order valence-corrected chi connectivity index (χ4v) is 4.77. The zero-order valence-electron chi connectivity index (χ0n) is 18.1. The van der Waals surface area contributed by atoms with Crippen LogP contribution in [0.25, 0.3) is 0 Å². The number of aromatic nitrogens is 1. The number of nitrogens with zero attached hydrogens (tertiary/aromatic N) is 3. The molecule has 1 aromatic heterocycles. The van der Waals surface area contributed by atoms with Crippen molar-refractivity contribution in [3.05, 3.63) is 97.9 Å². The van der Waals surface area contributed by atoms with Gasteiger partial charge in [-0.05, 0) is 54.4 Å². The Bertz CT molecular complexity index is 1230. The van der Waals surface area contributed by atoms with Crippen molar-refractivity contribution in [2.24, 2.45) is 0 Å². The van der Waals surface area contributed by atoms with Gasteiger partial charge in [-0.25, -0.2) is 0 Å². The van der Waals surface area contributed by atoms with Gasteiger partial charge in [0.05, 0.1) is 34.0 Å². The monoisotopic (exact) mass is 482 g/mol. The minimum atomic E-state index is -1.19. The van der Waals surface area contributed by atoms with Crippen LogP contribution in [0.1, 0.15) is 29.7 Å². The summed E-state index contributed by atoms with van der Waals surface area (Å²) in [5.74, 6) is 0. The van der Waals surface area contributed by atoms with E-state index in [1.165, 1.54) is 6.07 Å². The van der Waals surface area contributed by atoms with Crippen LogP contribution in [0, 0.1) is 11.3 Å². The first-order chi connectivity index (χ1) is 15.8. The lowest BCUT2D eigenvalue weighted by molar-refractivity contribution is 0.0101. The number of piperazine rings is 1. The number of nitrogens with one attached hydrogen (secondary N) is 1. The maximum absolute atomic E-state index is 11.7. The Morgan fingerprint density at radius 2 is 1.91 bits per heavy atom. The van der Waals surface area contributed by atoms with Gasteiger partial charge in [0, 0.05) is 43.5 Å². The highest BCUT2D eigenvalue weighted by molar-refractivity contribution is 6.33. The van der Waals surface area contributed by atoms with E-state index in [0.717, 1.165) is 11.3 Å². The highest BCUT2D eigenvalue weighted by Crippen LogP contribution is 2.36. The minimum Gasteiger partial charge on any atom is -0.384 e. The lowest BCUT2D eigenvalue weighted by atomic mass is 9.94. The Kier molecular flexibility index (Phi) is 6.78. The molecule has 2 heterocycles. The van der Waals surface area contributed by atoms with Gasteiger partial charge in [-0.1, -0.05) is 35.3 Å². The van der Waals surface area contributed by atoms with Crippen molar-refractivity contribution in [1.29, 1.82) is 5.26 Å². The van der Waals surface area contributed by atoms with E-state index in [-0.39, 0.29) is 11.6 Å². The van der Waals surface area contributed by atoms with E-state index in [1.54, 1.807) is 31.3 Å². The van der Waals surface area contributed by atoms with Gasteiger partial charge in [0.15, 0.2) is 0 Å². The molecule has 33 heavy (non-hydrogen) atoms. The third kappa shape index (κ3) is 5.23. The summed E-state index contributed by atoms with van der Waals surface area (Å²) in [5, 5.41) is 21.5. The summed E-state index contributed by atoms with van der Waals surface area (Å²) in [5.41, 5.74) is 1.59. The van der Waals surface area contributed by atoms with Crippen molar-refractivity contribution >= 4 is 28.9 Å². The molecule has 0 saturated carbocycles. The zero-order chi connectivity index (χ0) is 23.6. The summed E-state index contributed by atoms with van der Waals surface area (Å²) >= 11 is 12.7. The van der Waals surface area contributed by atoms with Crippen LogP contribution in [-0.4, -0.2) is 41.2 Å². The maximum Gasteiger partial charge on any atom is 0.248 e.